The van der Waals surface area contributed by atoms with Crippen molar-refractivity contribution in [3.05, 3.63) is 59.9 Å². The molecule has 6 nitrogen and oxygen atoms in total. The van der Waals surface area contributed by atoms with E-state index >= 15 is 0 Å². The van der Waals surface area contributed by atoms with Crippen LogP contribution in [0.15, 0.2) is 53.4 Å². The predicted molar refractivity (Wildman–Crippen MR) is 98.7 cm³/mol. The Morgan fingerprint density at radius 3 is 2.31 bits per heavy atom. The largest absolute Gasteiger partial charge is 0.325 e. The Morgan fingerprint density at radius 1 is 1.08 bits per heavy atom. The van der Waals surface area contributed by atoms with E-state index in [2.05, 4.69) is 5.32 Å². The fraction of sp³-hybridized carbons (Fsp3) is 0.278. The summed E-state index contributed by atoms with van der Waals surface area (Å²) in [5, 5.41) is 2.71. The van der Waals surface area contributed by atoms with Crippen molar-refractivity contribution in [3.8, 4) is 0 Å². The second-order valence-corrected chi connectivity index (χ2v) is 8.31. The molecule has 0 aliphatic heterocycles. The van der Waals surface area contributed by atoms with Crippen LogP contribution >= 0.6 is 0 Å². The lowest BCUT2D eigenvalue weighted by Gasteiger charge is -2.16. The van der Waals surface area contributed by atoms with E-state index in [-0.39, 0.29) is 23.2 Å². The highest BCUT2D eigenvalue weighted by molar-refractivity contribution is 7.89. The number of nitrogens with zero attached hydrogens (tertiary/aromatic N) is 2. The van der Waals surface area contributed by atoms with Crippen molar-refractivity contribution in [2.45, 2.75) is 11.4 Å². The van der Waals surface area contributed by atoms with Gasteiger partial charge in [0.25, 0.3) is 0 Å². The molecule has 0 heterocycles. The van der Waals surface area contributed by atoms with Crippen LogP contribution in [0.1, 0.15) is 5.56 Å². The van der Waals surface area contributed by atoms with Crippen molar-refractivity contribution in [2.75, 3.05) is 33.0 Å². The van der Waals surface area contributed by atoms with Gasteiger partial charge in [-0.25, -0.2) is 17.1 Å². The summed E-state index contributed by atoms with van der Waals surface area (Å²) >= 11 is 0. The van der Waals surface area contributed by atoms with Crippen molar-refractivity contribution >= 4 is 21.6 Å². The van der Waals surface area contributed by atoms with Gasteiger partial charge in [0.2, 0.25) is 15.9 Å². The molecule has 0 bridgehead atoms. The molecule has 2 rings (SSSR count). The van der Waals surface area contributed by atoms with E-state index in [1.807, 2.05) is 0 Å². The summed E-state index contributed by atoms with van der Waals surface area (Å²) in [5.41, 5.74) is 1.28. The molecule has 0 atom stereocenters. The molecule has 0 fully saturated rings. The fourth-order valence-electron chi connectivity index (χ4n) is 2.37. The summed E-state index contributed by atoms with van der Waals surface area (Å²) in [6, 6.07) is 12.2. The van der Waals surface area contributed by atoms with Crippen molar-refractivity contribution in [2.24, 2.45) is 0 Å². The van der Waals surface area contributed by atoms with Gasteiger partial charge in [-0.3, -0.25) is 9.69 Å². The molecule has 0 aliphatic rings. The van der Waals surface area contributed by atoms with Gasteiger partial charge in [-0.15, -0.1) is 0 Å². The Hall–Kier alpha value is -2.29. The Kier molecular flexibility index (Phi) is 6.47. The molecule has 0 radical (unpaired) electrons. The van der Waals surface area contributed by atoms with Crippen LogP contribution in [-0.4, -0.2) is 51.2 Å². The first-order valence-corrected chi connectivity index (χ1v) is 9.38. The zero-order valence-electron chi connectivity index (χ0n) is 14.9. The van der Waals surface area contributed by atoms with Gasteiger partial charge in [0.1, 0.15) is 5.82 Å². The first-order chi connectivity index (χ1) is 12.2. The minimum absolute atomic E-state index is 0.119. The van der Waals surface area contributed by atoms with Crippen LogP contribution in [0.4, 0.5) is 10.1 Å². The number of likely N-dealkylation sites (N-methyl/N-ethyl adjacent to an activating group) is 1. The van der Waals surface area contributed by atoms with Crippen molar-refractivity contribution < 1.29 is 17.6 Å². The van der Waals surface area contributed by atoms with E-state index in [0.717, 1.165) is 9.87 Å². The fourth-order valence-corrected chi connectivity index (χ4v) is 3.27. The monoisotopic (exact) mass is 379 g/mol. The SMILES string of the molecule is CN(CC(=O)Nc1ccc(S(=O)(=O)N(C)C)cc1)Cc1cccc(F)c1. The minimum atomic E-state index is -3.50. The average molecular weight is 379 g/mol. The molecule has 0 aliphatic carbocycles. The van der Waals surface area contributed by atoms with E-state index in [1.54, 1.807) is 36.2 Å². The lowest BCUT2D eigenvalue weighted by molar-refractivity contribution is -0.117. The molecule has 1 N–H and O–H groups in total. The average Bonchev–Trinajstić information content (AvgIpc) is 2.54. The molecule has 1 amide bonds. The Balaban J connectivity index is 1.93. The standard InChI is InChI=1S/C18H22FN3O3S/c1-21(2)26(24,25)17-9-7-16(8-10-17)20-18(23)13-22(3)12-14-5-4-6-15(19)11-14/h4-11H,12-13H2,1-3H3,(H,20,23). The van der Waals surface area contributed by atoms with E-state index in [0.29, 0.717) is 12.2 Å². The normalized spacial score (nSPS) is 11.8. The van der Waals surface area contributed by atoms with Gasteiger partial charge in [-0.2, -0.15) is 0 Å². The number of benzene rings is 2. The number of sulfonamides is 1. The van der Waals surface area contributed by atoms with Gasteiger partial charge in [0, 0.05) is 26.3 Å². The van der Waals surface area contributed by atoms with E-state index in [4.69, 9.17) is 0 Å². The number of anilines is 1. The van der Waals surface area contributed by atoms with Gasteiger partial charge >= 0.3 is 0 Å². The zero-order chi connectivity index (χ0) is 19.3. The Bertz CT molecular complexity index is 868. The highest BCUT2D eigenvalue weighted by atomic mass is 32.2. The zero-order valence-corrected chi connectivity index (χ0v) is 15.8. The number of carbonyl (C=O) groups is 1. The molecule has 8 heteroatoms. The number of hydrogen-bond donors (Lipinski definition) is 1. The predicted octanol–water partition coefficient (Wildman–Crippen LogP) is 2.15. The number of hydrogen-bond acceptors (Lipinski definition) is 4. The maximum absolute atomic E-state index is 13.2. The van der Waals surface area contributed by atoms with Crippen LogP contribution in [0.2, 0.25) is 0 Å². The first-order valence-electron chi connectivity index (χ1n) is 7.94. The lowest BCUT2D eigenvalue weighted by atomic mass is 10.2. The number of rotatable bonds is 7. The van der Waals surface area contributed by atoms with Crippen LogP contribution in [0, 0.1) is 5.82 Å². The van der Waals surface area contributed by atoms with Gasteiger partial charge < -0.3 is 5.32 Å². The van der Waals surface area contributed by atoms with Crippen molar-refractivity contribution in [3.63, 3.8) is 0 Å². The molecule has 0 aromatic heterocycles. The summed E-state index contributed by atoms with van der Waals surface area (Å²) in [6.45, 7) is 0.555. The van der Waals surface area contributed by atoms with Crippen LogP contribution in [-0.2, 0) is 21.4 Å². The number of amides is 1. The van der Waals surface area contributed by atoms with E-state index < -0.39 is 10.0 Å². The summed E-state index contributed by atoms with van der Waals surface area (Å²) in [5.74, 6) is -0.555. The maximum Gasteiger partial charge on any atom is 0.242 e. The second kappa shape index (κ2) is 8.39. The molecule has 0 saturated carbocycles. The molecular formula is C18H22FN3O3S. The molecule has 26 heavy (non-hydrogen) atoms. The molecule has 2 aromatic rings. The molecule has 2 aromatic carbocycles. The molecule has 0 unspecified atom stereocenters. The van der Waals surface area contributed by atoms with Crippen LogP contribution < -0.4 is 5.32 Å². The third kappa shape index (κ3) is 5.35. The number of halogens is 1. The maximum atomic E-state index is 13.2. The summed E-state index contributed by atoms with van der Waals surface area (Å²) < 4.78 is 38.3. The highest BCUT2D eigenvalue weighted by Crippen LogP contribution is 2.16. The van der Waals surface area contributed by atoms with Crippen LogP contribution in [0.5, 0.6) is 0 Å². The van der Waals surface area contributed by atoms with Gasteiger partial charge in [-0.05, 0) is 49.0 Å². The minimum Gasteiger partial charge on any atom is -0.325 e. The molecule has 0 saturated heterocycles. The van der Waals surface area contributed by atoms with Crippen molar-refractivity contribution in [1.82, 2.24) is 9.21 Å². The second-order valence-electron chi connectivity index (χ2n) is 6.16. The Morgan fingerprint density at radius 2 is 1.73 bits per heavy atom. The van der Waals surface area contributed by atoms with Crippen LogP contribution in [0.25, 0.3) is 0 Å². The third-order valence-corrected chi connectivity index (χ3v) is 5.50. The first kappa shape index (κ1) is 20.0. The summed E-state index contributed by atoms with van der Waals surface area (Å²) in [6.07, 6.45) is 0. The third-order valence-electron chi connectivity index (χ3n) is 3.67. The highest BCUT2D eigenvalue weighted by Gasteiger charge is 2.17. The van der Waals surface area contributed by atoms with E-state index in [1.165, 1.54) is 38.4 Å². The lowest BCUT2D eigenvalue weighted by Crippen LogP contribution is -2.29. The quantitative estimate of drug-likeness (QED) is 0.800. The summed E-state index contributed by atoms with van der Waals surface area (Å²) in [4.78, 5) is 14.0. The molecule has 140 valence electrons. The number of carbonyl (C=O) groups excluding carboxylic acids is 1. The molecule has 0 spiro atoms. The summed E-state index contributed by atoms with van der Waals surface area (Å²) in [7, 11) is 1.18. The van der Waals surface area contributed by atoms with Gasteiger partial charge in [0.15, 0.2) is 0 Å². The number of nitrogens with one attached hydrogen (secondary N) is 1. The topological polar surface area (TPSA) is 69.7 Å². The van der Waals surface area contributed by atoms with Crippen molar-refractivity contribution in [1.29, 1.82) is 0 Å². The van der Waals surface area contributed by atoms with Gasteiger partial charge in [-0.1, -0.05) is 12.1 Å². The van der Waals surface area contributed by atoms with Gasteiger partial charge in [0.05, 0.1) is 11.4 Å². The smallest absolute Gasteiger partial charge is 0.242 e. The van der Waals surface area contributed by atoms with E-state index in [9.17, 15) is 17.6 Å². The Labute approximate surface area is 153 Å². The van der Waals surface area contributed by atoms with Crippen LogP contribution in [0.3, 0.4) is 0 Å². The molecular weight excluding hydrogens is 357 g/mol.